The van der Waals surface area contributed by atoms with E-state index in [4.69, 9.17) is 4.74 Å². The Morgan fingerprint density at radius 3 is 2.84 bits per heavy atom. The van der Waals surface area contributed by atoms with Crippen molar-refractivity contribution in [1.82, 2.24) is 10.3 Å². The molecule has 0 unspecified atom stereocenters. The van der Waals surface area contributed by atoms with Gasteiger partial charge in [0, 0.05) is 30.9 Å². The van der Waals surface area contributed by atoms with Gasteiger partial charge in [-0.3, -0.25) is 4.98 Å². The third-order valence-corrected chi connectivity index (χ3v) is 2.16. The van der Waals surface area contributed by atoms with Gasteiger partial charge in [-0.05, 0) is 39.3 Å². The summed E-state index contributed by atoms with van der Waals surface area (Å²) in [5, 5.41) is 2.66. The maximum absolute atomic E-state index is 11.4. The third-order valence-electron chi connectivity index (χ3n) is 2.16. The van der Waals surface area contributed by atoms with Gasteiger partial charge in [-0.1, -0.05) is 11.8 Å². The van der Waals surface area contributed by atoms with Crippen LogP contribution in [0.25, 0.3) is 0 Å². The number of hydrogen-bond acceptors (Lipinski definition) is 3. The molecule has 0 aliphatic heterocycles. The highest BCUT2D eigenvalue weighted by atomic mass is 16.6. The van der Waals surface area contributed by atoms with Crippen LogP contribution >= 0.6 is 0 Å². The molecule has 1 N–H and O–H groups in total. The van der Waals surface area contributed by atoms with Crippen LogP contribution in [0.5, 0.6) is 0 Å². The van der Waals surface area contributed by atoms with Crippen LogP contribution in [0, 0.1) is 18.8 Å². The van der Waals surface area contributed by atoms with Crippen LogP contribution in [0.1, 0.15) is 38.3 Å². The van der Waals surface area contributed by atoms with Crippen LogP contribution in [-0.2, 0) is 4.74 Å². The predicted molar refractivity (Wildman–Crippen MR) is 74.7 cm³/mol. The number of aromatic nitrogens is 1. The van der Waals surface area contributed by atoms with Gasteiger partial charge in [0.25, 0.3) is 0 Å². The van der Waals surface area contributed by atoms with Crippen molar-refractivity contribution in [3.63, 3.8) is 0 Å². The number of rotatable bonds is 2. The molecule has 0 saturated heterocycles. The number of nitrogens with one attached hydrogen (secondary N) is 1. The summed E-state index contributed by atoms with van der Waals surface area (Å²) >= 11 is 0. The van der Waals surface area contributed by atoms with Gasteiger partial charge in [-0.25, -0.2) is 4.79 Å². The molecule has 0 fully saturated rings. The van der Waals surface area contributed by atoms with Crippen molar-refractivity contribution in [2.24, 2.45) is 0 Å². The summed E-state index contributed by atoms with van der Waals surface area (Å²) in [6.45, 7) is 7.94. The Kier molecular flexibility index (Phi) is 5.37. The zero-order chi connectivity index (χ0) is 14.3. The van der Waals surface area contributed by atoms with Crippen molar-refractivity contribution in [2.45, 2.75) is 39.7 Å². The Labute approximate surface area is 114 Å². The van der Waals surface area contributed by atoms with Gasteiger partial charge in [0.15, 0.2) is 0 Å². The lowest BCUT2D eigenvalue weighted by molar-refractivity contribution is 0.0529. The molecule has 1 rings (SSSR count). The minimum atomic E-state index is -0.468. The number of hydrogen-bond donors (Lipinski definition) is 1. The molecule has 1 amide bonds. The number of amides is 1. The van der Waals surface area contributed by atoms with E-state index in [1.54, 1.807) is 12.4 Å². The molecule has 0 spiro atoms. The number of aryl methyl sites for hydroxylation is 1. The van der Waals surface area contributed by atoms with E-state index in [2.05, 4.69) is 22.1 Å². The van der Waals surface area contributed by atoms with E-state index in [9.17, 15) is 4.79 Å². The molecule has 102 valence electrons. The van der Waals surface area contributed by atoms with Crippen LogP contribution in [-0.4, -0.2) is 23.2 Å². The van der Waals surface area contributed by atoms with Crippen LogP contribution < -0.4 is 5.32 Å². The van der Waals surface area contributed by atoms with Gasteiger partial charge in [0.2, 0.25) is 0 Å². The molecule has 0 saturated carbocycles. The molecule has 0 aromatic carbocycles. The fourth-order valence-electron chi connectivity index (χ4n) is 1.31. The van der Waals surface area contributed by atoms with Crippen LogP contribution in [0.15, 0.2) is 18.5 Å². The van der Waals surface area contributed by atoms with Crippen LogP contribution in [0.4, 0.5) is 4.79 Å². The molecule has 4 nitrogen and oxygen atoms in total. The smallest absolute Gasteiger partial charge is 0.407 e. The first-order valence-corrected chi connectivity index (χ1v) is 6.25. The normalized spacial score (nSPS) is 10.3. The molecule has 1 aromatic rings. The summed E-state index contributed by atoms with van der Waals surface area (Å²) in [5.41, 5.74) is 1.55. The zero-order valence-corrected chi connectivity index (χ0v) is 11.9. The van der Waals surface area contributed by atoms with Gasteiger partial charge >= 0.3 is 6.09 Å². The second-order valence-corrected chi connectivity index (χ2v) is 5.17. The third kappa shape index (κ3) is 6.46. The van der Waals surface area contributed by atoms with Crippen molar-refractivity contribution in [2.75, 3.05) is 6.54 Å². The Morgan fingerprint density at radius 1 is 1.47 bits per heavy atom. The summed E-state index contributed by atoms with van der Waals surface area (Å²) in [4.78, 5) is 15.4. The number of carbonyl (C=O) groups excluding carboxylic acids is 1. The van der Waals surface area contributed by atoms with Crippen molar-refractivity contribution >= 4 is 6.09 Å². The lowest BCUT2D eigenvalue weighted by Crippen LogP contribution is -2.32. The molecule has 19 heavy (non-hydrogen) atoms. The quantitative estimate of drug-likeness (QED) is 0.657. The Bertz CT molecular complexity index is 493. The Balaban J connectivity index is 2.33. The second kappa shape index (κ2) is 6.79. The zero-order valence-electron chi connectivity index (χ0n) is 11.9. The van der Waals surface area contributed by atoms with Gasteiger partial charge in [-0.2, -0.15) is 0 Å². The number of ether oxygens (including phenoxy) is 1. The van der Waals surface area contributed by atoms with E-state index in [-0.39, 0.29) is 0 Å². The fourth-order valence-corrected chi connectivity index (χ4v) is 1.31. The SMILES string of the molecule is Cc1cnccc1C#CCCNC(=O)OC(C)(C)C. The molecule has 0 aliphatic rings. The monoisotopic (exact) mass is 260 g/mol. The van der Waals surface area contributed by atoms with Crippen molar-refractivity contribution in [3.05, 3.63) is 29.6 Å². The maximum Gasteiger partial charge on any atom is 0.407 e. The molecular formula is C15H20N2O2. The lowest BCUT2D eigenvalue weighted by atomic mass is 10.1. The maximum atomic E-state index is 11.4. The lowest BCUT2D eigenvalue weighted by Gasteiger charge is -2.19. The molecule has 4 heteroatoms. The average Bonchev–Trinajstić information content (AvgIpc) is 2.28. The Hall–Kier alpha value is -2.02. The van der Waals surface area contributed by atoms with E-state index < -0.39 is 11.7 Å². The number of pyridine rings is 1. The van der Waals surface area contributed by atoms with Gasteiger partial charge < -0.3 is 10.1 Å². The van der Waals surface area contributed by atoms with E-state index >= 15 is 0 Å². The Morgan fingerprint density at radius 2 is 2.21 bits per heavy atom. The van der Waals surface area contributed by atoms with E-state index in [0.717, 1.165) is 11.1 Å². The summed E-state index contributed by atoms with van der Waals surface area (Å²) in [5.74, 6) is 6.07. The van der Waals surface area contributed by atoms with Crippen molar-refractivity contribution < 1.29 is 9.53 Å². The molecule has 0 radical (unpaired) electrons. The average molecular weight is 260 g/mol. The molecular weight excluding hydrogens is 240 g/mol. The largest absolute Gasteiger partial charge is 0.444 e. The summed E-state index contributed by atoms with van der Waals surface area (Å²) in [6, 6.07) is 1.88. The highest BCUT2D eigenvalue weighted by molar-refractivity contribution is 5.67. The standard InChI is InChI=1S/C15H20N2O2/c1-12-11-16-10-8-13(12)7-5-6-9-17-14(18)19-15(2,3)4/h8,10-11H,6,9H2,1-4H3,(H,17,18). The van der Waals surface area contributed by atoms with Crippen molar-refractivity contribution in [3.8, 4) is 11.8 Å². The number of nitrogens with zero attached hydrogens (tertiary/aromatic N) is 1. The van der Waals surface area contributed by atoms with E-state index in [0.29, 0.717) is 13.0 Å². The first-order chi connectivity index (χ1) is 8.88. The summed E-state index contributed by atoms with van der Waals surface area (Å²) in [7, 11) is 0. The number of carbonyl (C=O) groups is 1. The van der Waals surface area contributed by atoms with Crippen LogP contribution in [0.3, 0.4) is 0 Å². The van der Waals surface area contributed by atoms with Gasteiger partial charge in [0.1, 0.15) is 5.60 Å². The predicted octanol–water partition coefficient (Wildman–Crippen LogP) is 2.66. The van der Waals surface area contributed by atoms with Gasteiger partial charge in [0.05, 0.1) is 0 Å². The molecule has 0 atom stereocenters. The molecule has 0 aliphatic carbocycles. The van der Waals surface area contributed by atoms with E-state index in [1.807, 2.05) is 33.8 Å². The molecule has 1 aromatic heterocycles. The molecule has 0 bridgehead atoms. The summed E-state index contributed by atoms with van der Waals surface area (Å²) in [6.07, 6.45) is 3.68. The fraction of sp³-hybridized carbons (Fsp3) is 0.467. The first kappa shape index (κ1) is 15.0. The minimum Gasteiger partial charge on any atom is -0.444 e. The summed E-state index contributed by atoms with van der Waals surface area (Å²) < 4.78 is 5.12. The highest BCUT2D eigenvalue weighted by Crippen LogP contribution is 2.06. The van der Waals surface area contributed by atoms with Gasteiger partial charge in [-0.15, -0.1) is 0 Å². The minimum absolute atomic E-state index is 0.408. The van der Waals surface area contributed by atoms with Crippen LogP contribution in [0.2, 0.25) is 0 Å². The highest BCUT2D eigenvalue weighted by Gasteiger charge is 2.15. The van der Waals surface area contributed by atoms with Crippen molar-refractivity contribution in [1.29, 1.82) is 0 Å². The van der Waals surface area contributed by atoms with E-state index in [1.165, 1.54) is 0 Å². The topological polar surface area (TPSA) is 51.2 Å². The number of alkyl carbamates (subject to hydrolysis) is 1. The molecule has 1 heterocycles. The second-order valence-electron chi connectivity index (χ2n) is 5.17. The first-order valence-electron chi connectivity index (χ1n) is 6.25.